The Morgan fingerprint density at radius 3 is 2.76 bits per heavy atom. The average molecular weight is 378 g/mol. The van der Waals surface area contributed by atoms with E-state index in [2.05, 4.69) is 5.32 Å². The molecular formula is C17H15FN2O3S2. The number of carbonyl (C=O) groups excluding carboxylic acids is 1. The molecule has 5 nitrogen and oxygen atoms in total. The topological polar surface area (TPSA) is 60.3 Å². The first-order chi connectivity index (χ1) is 12.1. The van der Waals surface area contributed by atoms with Gasteiger partial charge in [-0.1, -0.05) is 17.4 Å². The lowest BCUT2D eigenvalue weighted by atomic mass is 10.3. The molecule has 3 aromatic rings. The number of halogens is 1. The second-order valence-electron chi connectivity index (χ2n) is 5.12. The number of thiophene rings is 1. The molecule has 0 aliphatic carbocycles. The fraction of sp³-hybridized carbons (Fsp3) is 0.176. The van der Waals surface area contributed by atoms with E-state index in [0.717, 1.165) is 16.2 Å². The Morgan fingerprint density at radius 2 is 2.04 bits per heavy atom. The van der Waals surface area contributed by atoms with E-state index in [1.54, 1.807) is 11.3 Å². The van der Waals surface area contributed by atoms with Gasteiger partial charge in [-0.05, 0) is 35.7 Å². The van der Waals surface area contributed by atoms with Gasteiger partial charge in [0.05, 0.1) is 13.1 Å². The van der Waals surface area contributed by atoms with Gasteiger partial charge in [0.1, 0.15) is 23.1 Å². The number of ether oxygens (including phenoxy) is 1. The monoisotopic (exact) mass is 378 g/mol. The largest absolute Gasteiger partial charge is 0.492 e. The summed E-state index contributed by atoms with van der Waals surface area (Å²) >= 11 is 2.46. The number of benzene rings is 1. The van der Waals surface area contributed by atoms with Gasteiger partial charge in [-0.3, -0.25) is 9.59 Å². The van der Waals surface area contributed by atoms with E-state index in [1.807, 2.05) is 17.5 Å². The predicted octanol–water partition coefficient (Wildman–Crippen LogP) is 3.12. The van der Waals surface area contributed by atoms with Crippen molar-refractivity contribution in [1.82, 2.24) is 9.88 Å². The molecule has 0 bridgehead atoms. The molecule has 3 rings (SSSR count). The van der Waals surface area contributed by atoms with Crippen molar-refractivity contribution in [3.8, 4) is 5.75 Å². The molecule has 1 aromatic carbocycles. The molecule has 0 spiro atoms. The van der Waals surface area contributed by atoms with Gasteiger partial charge in [0.25, 0.3) is 5.91 Å². The lowest BCUT2D eigenvalue weighted by Crippen LogP contribution is -2.21. The Hall–Kier alpha value is -2.45. The molecule has 0 unspecified atom stereocenters. The Labute approximate surface area is 151 Å². The van der Waals surface area contributed by atoms with Crippen LogP contribution in [0, 0.1) is 5.82 Å². The highest BCUT2D eigenvalue weighted by atomic mass is 32.1. The van der Waals surface area contributed by atoms with Gasteiger partial charge in [-0.15, -0.1) is 11.3 Å². The first-order valence-electron chi connectivity index (χ1n) is 7.51. The van der Waals surface area contributed by atoms with Gasteiger partial charge in [0, 0.05) is 11.1 Å². The molecule has 25 heavy (non-hydrogen) atoms. The third-order valence-electron chi connectivity index (χ3n) is 3.35. The van der Waals surface area contributed by atoms with Crippen molar-refractivity contribution in [2.75, 3.05) is 6.61 Å². The van der Waals surface area contributed by atoms with Crippen LogP contribution in [0.4, 0.5) is 4.39 Å². The normalized spacial score (nSPS) is 10.6. The molecule has 0 radical (unpaired) electrons. The molecule has 8 heteroatoms. The van der Waals surface area contributed by atoms with E-state index >= 15 is 0 Å². The van der Waals surface area contributed by atoms with Gasteiger partial charge in [-0.25, -0.2) is 4.39 Å². The maximum absolute atomic E-state index is 12.8. The Bertz CT molecular complexity index is 886. The zero-order valence-corrected chi connectivity index (χ0v) is 14.7. The number of nitrogens with zero attached hydrogens (tertiary/aromatic N) is 1. The van der Waals surface area contributed by atoms with Crippen LogP contribution in [0.15, 0.2) is 52.8 Å². The summed E-state index contributed by atoms with van der Waals surface area (Å²) in [5.41, 5.74) is 0. The van der Waals surface area contributed by atoms with E-state index in [4.69, 9.17) is 4.74 Å². The predicted molar refractivity (Wildman–Crippen MR) is 96.0 cm³/mol. The minimum atomic E-state index is -0.334. The van der Waals surface area contributed by atoms with Crippen LogP contribution in [0.25, 0.3) is 0 Å². The van der Waals surface area contributed by atoms with Crippen LogP contribution in [-0.4, -0.2) is 17.1 Å². The van der Waals surface area contributed by atoms with Gasteiger partial charge < -0.3 is 14.6 Å². The Morgan fingerprint density at radius 1 is 1.24 bits per heavy atom. The number of nitrogens with one attached hydrogen (secondary N) is 1. The fourth-order valence-electron chi connectivity index (χ4n) is 2.09. The zero-order chi connectivity index (χ0) is 17.6. The summed E-state index contributed by atoms with van der Waals surface area (Å²) in [4.78, 5) is 25.3. The molecule has 0 saturated carbocycles. The average Bonchev–Trinajstić information content (AvgIpc) is 3.25. The van der Waals surface area contributed by atoms with Crippen LogP contribution >= 0.6 is 22.7 Å². The minimum Gasteiger partial charge on any atom is -0.492 e. The molecular weight excluding hydrogens is 363 g/mol. The van der Waals surface area contributed by atoms with Gasteiger partial charge >= 0.3 is 4.87 Å². The molecule has 1 N–H and O–H groups in total. The van der Waals surface area contributed by atoms with Crippen molar-refractivity contribution in [2.45, 2.75) is 13.1 Å². The number of hydrogen-bond donors (Lipinski definition) is 1. The van der Waals surface area contributed by atoms with Crippen molar-refractivity contribution in [1.29, 1.82) is 0 Å². The molecule has 2 heterocycles. The van der Waals surface area contributed by atoms with Crippen molar-refractivity contribution in [2.24, 2.45) is 0 Å². The summed E-state index contributed by atoms with van der Waals surface area (Å²) in [5.74, 6) is -0.0769. The molecule has 0 fully saturated rings. The zero-order valence-electron chi connectivity index (χ0n) is 13.1. The molecule has 0 atom stereocenters. The summed E-state index contributed by atoms with van der Waals surface area (Å²) in [5, 5.41) is 4.73. The number of hydrogen-bond acceptors (Lipinski definition) is 5. The first-order valence-corrected chi connectivity index (χ1v) is 9.20. The SMILES string of the molecule is O=C(NCc1cccs1)c1cn(CCOc2ccc(F)cc2)c(=O)s1. The number of carbonyl (C=O) groups is 1. The fourth-order valence-corrected chi connectivity index (χ4v) is 3.53. The van der Waals surface area contributed by atoms with Gasteiger partial charge in [-0.2, -0.15) is 0 Å². The van der Waals surface area contributed by atoms with Crippen LogP contribution in [0.1, 0.15) is 14.5 Å². The number of rotatable bonds is 7. The van der Waals surface area contributed by atoms with Gasteiger partial charge in [0.2, 0.25) is 0 Å². The maximum atomic E-state index is 12.8. The Balaban J connectivity index is 1.53. The molecule has 0 aliphatic rings. The van der Waals surface area contributed by atoms with Crippen LogP contribution in [-0.2, 0) is 13.1 Å². The van der Waals surface area contributed by atoms with Crippen LogP contribution in [0.5, 0.6) is 5.75 Å². The number of thiazole rings is 1. The quantitative estimate of drug-likeness (QED) is 0.687. The highest BCUT2D eigenvalue weighted by Gasteiger charge is 2.12. The summed E-state index contributed by atoms with van der Waals surface area (Å²) in [6.07, 6.45) is 1.53. The number of aromatic nitrogens is 1. The van der Waals surface area contributed by atoms with Crippen LogP contribution in [0.3, 0.4) is 0 Å². The van der Waals surface area contributed by atoms with Crippen LogP contribution < -0.4 is 14.9 Å². The molecule has 130 valence electrons. The van der Waals surface area contributed by atoms with Gasteiger partial charge in [0.15, 0.2) is 0 Å². The van der Waals surface area contributed by atoms with Crippen molar-refractivity contribution in [3.63, 3.8) is 0 Å². The van der Waals surface area contributed by atoms with Crippen molar-refractivity contribution < 1.29 is 13.9 Å². The smallest absolute Gasteiger partial charge is 0.307 e. The Kier molecular flexibility index (Phi) is 5.62. The van der Waals surface area contributed by atoms with Crippen LogP contribution in [0.2, 0.25) is 0 Å². The lowest BCUT2D eigenvalue weighted by molar-refractivity contribution is 0.0954. The third kappa shape index (κ3) is 4.77. The molecule has 1 amide bonds. The first kappa shape index (κ1) is 17.4. The van der Waals surface area contributed by atoms with E-state index in [-0.39, 0.29) is 23.2 Å². The highest BCUT2D eigenvalue weighted by molar-refractivity contribution is 7.11. The summed E-state index contributed by atoms with van der Waals surface area (Å²) in [6.45, 7) is 1.000. The van der Waals surface area contributed by atoms with E-state index in [1.165, 1.54) is 35.0 Å². The lowest BCUT2D eigenvalue weighted by Gasteiger charge is -2.06. The van der Waals surface area contributed by atoms with E-state index in [9.17, 15) is 14.0 Å². The van der Waals surface area contributed by atoms with Crippen molar-refractivity contribution in [3.05, 3.63) is 73.2 Å². The van der Waals surface area contributed by atoms with E-state index in [0.29, 0.717) is 23.7 Å². The van der Waals surface area contributed by atoms with Crippen molar-refractivity contribution >= 4 is 28.6 Å². The summed E-state index contributed by atoms with van der Waals surface area (Å²) in [6, 6.07) is 9.52. The standard InChI is InChI=1S/C17H15FN2O3S2/c18-12-3-5-13(6-4-12)23-8-7-20-11-15(25-17(20)22)16(21)19-10-14-2-1-9-24-14/h1-6,9,11H,7-8,10H2,(H,19,21). The summed E-state index contributed by atoms with van der Waals surface area (Å²) in [7, 11) is 0. The highest BCUT2D eigenvalue weighted by Crippen LogP contribution is 2.12. The minimum absolute atomic E-state index is 0.219. The molecule has 0 aliphatic heterocycles. The second kappa shape index (κ2) is 8.09. The number of amides is 1. The maximum Gasteiger partial charge on any atom is 0.307 e. The molecule has 2 aromatic heterocycles. The van der Waals surface area contributed by atoms with E-state index < -0.39 is 0 Å². The second-order valence-corrected chi connectivity index (χ2v) is 7.14. The summed E-state index contributed by atoms with van der Waals surface area (Å²) < 4.78 is 19.7. The molecule has 0 saturated heterocycles. The third-order valence-corrected chi connectivity index (χ3v) is 5.14.